The number of ether oxygens (including phenoxy) is 1. The monoisotopic (exact) mass is 860 g/mol. The van der Waals surface area contributed by atoms with Crippen molar-refractivity contribution in [3.05, 3.63) is 137 Å². The number of methoxy groups -OCH3 is 1. The van der Waals surface area contributed by atoms with Crippen LogP contribution >= 0.6 is 0 Å². The van der Waals surface area contributed by atoms with E-state index in [4.69, 9.17) is 4.74 Å². The Morgan fingerprint density at radius 2 is 0.951 bits per heavy atom. The molecule has 0 saturated carbocycles. The maximum atomic E-state index is 13.3. The minimum Gasteiger partial charge on any atom is -0.744 e. The van der Waals surface area contributed by atoms with Crippen molar-refractivity contribution in [1.29, 1.82) is 0 Å². The molecule has 17 nitrogen and oxygen atoms in total. The van der Waals surface area contributed by atoms with Crippen LogP contribution in [0.1, 0.15) is 47.6 Å². The first kappa shape index (κ1) is 42.3. The van der Waals surface area contributed by atoms with Gasteiger partial charge in [0.1, 0.15) is 26.0 Å². The highest BCUT2D eigenvalue weighted by atomic mass is 32.2. The smallest absolute Gasteiger partial charge is 0.280 e. The van der Waals surface area contributed by atoms with Crippen LogP contribution in [0.15, 0.2) is 150 Å². The van der Waals surface area contributed by atoms with Crippen molar-refractivity contribution in [3.63, 3.8) is 0 Å². The van der Waals surface area contributed by atoms with Crippen LogP contribution in [-0.4, -0.2) is 68.4 Å². The number of benzene rings is 5. The van der Waals surface area contributed by atoms with Gasteiger partial charge in [0.15, 0.2) is 12.1 Å². The molecule has 7 rings (SSSR count). The lowest BCUT2D eigenvalue weighted by Crippen LogP contribution is -2.29. The molecular weight excluding hydrogens is 825 g/mol. The van der Waals surface area contributed by atoms with Crippen molar-refractivity contribution < 1.29 is 40.3 Å². The van der Waals surface area contributed by atoms with E-state index in [0.29, 0.717) is 28.5 Å². The van der Waals surface area contributed by atoms with Gasteiger partial charge in [-0.1, -0.05) is 36.4 Å². The second-order valence-corrected chi connectivity index (χ2v) is 17.0. The molecule has 61 heavy (non-hydrogen) atoms. The van der Waals surface area contributed by atoms with Gasteiger partial charge in [0, 0.05) is 5.92 Å². The number of amides is 2. The zero-order valence-corrected chi connectivity index (χ0v) is 34.8. The normalized spacial score (nSPS) is 17.7. The van der Waals surface area contributed by atoms with Gasteiger partial charge >= 0.3 is 0 Å². The Labute approximate surface area is 351 Å². The molecule has 0 radical (unpaired) electrons. The lowest BCUT2D eigenvalue weighted by atomic mass is 9.83. The van der Waals surface area contributed by atoms with E-state index in [-0.39, 0.29) is 17.3 Å². The number of rotatable bonds is 12. The van der Waals surface area contributed by atoms with Crippen LogP contribution < -0.4 is 14.8 Å². The van der Waals surface area contributed by atoms with E-state index in [9.17, 15) is 35.5 Å². The van der Waals surface area contributed by atoms with Gasteiger partial charge in [0.05, 0.1) is 51.1 Å². The molecule has 2 amide bonds. The summed E-state index contributed by atoms with van der Waals surface area (Å²) in [6, 6.07) is 26.9. The van der Waals surface area contributed by atoms with Crippen LogP contribution in [0.25, 0.3) is 0 Å². The number of aryl methyl sites for hydroxylation is 2. The number of hydrogen-bond donors (Lipinski definition) is 0. The molecule has 5 aromatic rings. The third kappa shape index (κ3) is 8.90. The van der Waals surface area contributed by atoms with Gasteiger partial charge in [0.2, 0.25) is 0 Å². The molecule has 0 N–H and O–H groups in total. The van der Waals surface area contributed by atoms with Crippen molar-refractivity contribution in [3.8, 4) is 5.75 Å². The summed E-state index contributed by atoms with van der Waals surface area (Å²) in [5.41, 5.74) is 6.77. The van der Waals surface area contributed by atoms with Gasteiger partial charge in [-0.15, -0.1) is 0 Å². The van der Waals surface area contributed by atoms with Crippen molar-refractivity contribution >= 4 is 66.2 Å². The Balaban J connectivity index is 1.11. The number of carbonyl (C=O) groups excluding carboxylic acids is 2. The van der Waals surface area contributed by atoms with E-state index < -0.39 is 53.9 Å². The zero-order chi connectivity index (χ0) is 43.8. The molecule has 0 aromatic heterocycles. The molecule has 0 fully saturated rings. The van der Waals surface area contributed by atoms with E-state index in [1.54, 1.807) is 21.0 Å². The highest BCUT2D eigenvalue weighted by molar-refractivity contribution is 7.86. The fraction of sp³-hybridized carbons (Fsp3) is 0.190. The van der Waals surface area contributed by atoms with E-state index in [1.807, 2.05) is 74.5 Å². The zero-order valence-electron chi connectivity index (χ0n) is 33.2. The standard InChI is InChI=1S/C42H38N8O9S2/c1-24-22-29(8-20-36(24)43-45-39-26(3)47-49(41(39)51)31-10-16-34(17-11-31)60(53,54)55)38(28-6-14-33(59-5)15-7-28)30-9-21-37(25(2)23-30)44-46-40-27(4)48-50(42(40)52)32-12-18-35(19-13-32)61(56,57)58/h6-23,38-40H,1-5H3,(H,53,54,55)(H,56,57,58)/p-2. The second kappa shape index (κ2) is 16.7. The molecule has 0 aliphatic carbocycles. The summed E-state index contributed by atoms with van der Waals surface area (Å²) in [6.07, 6.45) is 0. The summed E-state index contributed by atoms with van der Waals surface area (Å²) in [5.74, 6) is -0.546. The van der Waals surface area contributed by atoms with Crippen molar-refractivity contribution in [2.24, 2.45) is 30.7 Å². The number of azo groups is 2. The van der Waals surface area contributed by atoms with Crippen molar-refractivity contribution in [1.82, 2.24) is 0 Å². The average Bonchev–Trinajstić information content (AvgIpc) is 3.68. The van der Waals surface area contributed by atoms with Crippen molar-refractivity contribution in [2.75, 3.05) is 17.1 Å². The first-order valence-electron chi connectivity index (χ1n) is 18.5. The highest BCUT2D eigenvalue weighted by Gasteiger charge is 2.36. The lowest BCUT2D eigenvalue weighted by Gasteiger charge is -2.21. The van der Waals surface area contributed by atoms with Gasteiger partial charge in [-0.25, -0.2) is 16.8 Å². The SMILES string of the molecule is COc1ccc(C(c2ccc(N=NC3C(=O)N(c4ccc(S(=O)(=O)[O-])cc4)N=C3C)c(C)c2)c2ccc(N=NC3C(=O)N(c4ccc(S(=O)(=O)[O-])cc4)N=C3C)c(C)c2)cc1. The Morgan fingerprint density at radius 1 is 0.574 bits per heavy atom. The number of nitrogens with zero attached hydrogens (tertiary/aromatic N) is 8. The molecule has 0 saturated heterocycles. The lowest BCUT2D eigenvalue weighted by molar-refractivity contribution is -0.118. The Bertz CT molecular complexity index is 2720. The number of anilines is 2. The predicted molar refractivity (Wildman–Crippen MR) is 223 cm³/mol. The van der Waals surface area contributed by atoms with Crippen molar-refractivity contribution in [2.45, 2.75) is 55.5 Å². The average molecular weight is 861 g/mol. The van der Waals surface area contributed by atoms with Gasteiger partial charge in [-0.2, -0.15) is 40.7 Å². The molecule has 0 bridgehead atoms. The summed E-state index contributed by atoms with van der Waals surface area (Å²) < 4.78 is 73.5. The summed E-state index contributed by atoms with van der Waals surface area (Å²) >= 11 is 0. The van der Waals surface area contributed by atoms with Crippen LogP contribution in [0.5, 0.6) is 5.75 Å². The quantitative estimate of drug-likeness (QED) is 0.0708. The van der Waals surface area contributed by atoms with E-state index in [0.717, 1.165) is 62.1 Å². The minimum absolute atomic E-state index is 0.259. The van der Waals surface area contributed by atoms with Crippen LogP contribution in [0.4, 0.5) is 22.7 Å². The first-order valence-corrected chi connectivity index (χ1v) is 21.3. The molecule has 19 heteroatoms. The van der Waals surface area contributed by atoms with Gasteiger partial charge in [-0.05, 0) is 128 Å². The van der Waals surface area contributed by atoms with Crippen LogP contribution in [0.2, 0.25) is 0 Å². The van der Waals surface area contributed by atoms with Crippen LogP contribution in [0, 0.1) is 13.8 Å². The van der Waals surface area contributed by atoms with E-state index in [1.165, 1.54) is 24.3 Å². The maximum absolute atomic E-state index is 13.3. The molecule has 2 heterocycles. The minimum atomic E-state index is -4.65. The number of carbonyl (C=O) groups is 2. The van der Waals surface area contributed by atoms with E-state index in [2.05, 4.69) is 30.7 Å². The first-order chi connectivity index (χ1) is 28.9. The topological polar surface area (TPSA) is 238 Å². The van der Waals surface area contributed by atoms with E-state index >= 15 is 0 Å². The number of hydrogen-bond acceptors (Lipinski definition) is 15. The molecule has 5 aromatic carbocycles. The van der Waals surface area contributed by atoms with Gasteiger partial charge < -0.3 is 13.8 Å². The van der Waals surface area contributed by atoms with Gasteiger partial charge in [0.25, 0.3) is 11.8 Å². The third-order valence-electron chi connectivity index (χ3n) is 10.1. The summed E-state index contributed by atoms with van der Waals surface area (Å²) in [5, 5.41) is 28.3. The molecule has 312 valence electrons. The molecule has 2 unspecified atom stereocenters. The molecule has 0 spiro atoms. The summed E-state index contributed by atoms with van der Waals surface area (Å²) in [7, 11) is -7.71. The Hall–Kier alpha value is -6.80. The van der Waals surface area contributed by atoms with Gasteiger partial charge in [-0.3, -0.25) is 9.59 Å². The fourth-order valence-electron chi connectivity index (χ4n) is 6.81. The molecular formula is C42H36N8O9S2-2. The Morgan fingerprint density at radius 3 is 1.30 bits per heavy atom. The Kier molecular flexibility index (Phi) is 11.6. The second-order valence-electron chi connectivity index (χ2n) is 14.2. The van der Waals surface area contributed by atoms with Crippen LogP contribution in [-0.2, 0) is 29.8 Å². The number of hydrazone groups is 2. The molecule has 2 aliphatic heterocycles. The highest BCUT2D eigenvalue weighted by Crippen LogP contribution is 2.37. The molecule has 2 aliphatic rings. The summed E-state index contributed by atoms with van der Waals surface area (Å²) in [4.78, 5) is 25.8. The van der Waals surface area contributed by atoms with Crippen LogP contribution in [0.3, 0.4) is 0 Å². The summed E-state index contributed by atoms with van der Waals surface area (Å²) in [6.45, 7) is 7.04. The predicted octanol–water partition coefficient (Wildman–Crippen LogP) is 7.05. The fourth-order valence-corrected chi connectivity index (χ4v) is 7.75. The maximum Gasteiger partial charge on any atom is 0.280 e. The third-order valence-corrected chi connectivity index (χ3v) is 11.8. The largest absolute Gasteiger partial charge is 0.744 e. The molecule has 2 atom stereocenters.